The third-order valence-electron chi connectivity index (χ3n) is 2.36. The van der Waals surface area contributed by atoms with Crippen LogP contribution in [0.15, 0.2) is 18.2 Å². The molecule has 1 rings (SSSR count). The molecule has 1 aromatic carbocycles. The highest BCUT2D eigenvalue weighted by molar-refractivity contribution is 6.30. The van der Waals surface area contributed by atoms with Gasteiger partial charge in [0.25, 0.3) is 0 Å². The lowest BCUT2D eigenvalue weighted by atomic mass is 10.1. The molecule has 1 unspecified atom stereocenters. The molecule has 0 radical (unpaired) electrons. The summed E-state index contributed by atoms with van der Waals surface area (Å²) < 4.78 is 0. The number of aliphatic hydroxyl groups excluding tert-OH is 1. The summed E-state index contributed by atoms with van der Waals surface area (Å²) >= 11 is 5.99. The lowest BCUT2D eigenvalue weighted by Crippen LogP contribution is -2.28. The Balaban J connectivity index is 2.94. The first-order valence-electron chi connectivity index (χ1n) is 5.36. The number of aliphatic hydroxyl groups is 1. The first kappa shape index (κ1) is 13.3. The summed E-state index contributed by atoms with van der Waals surface area (Å²) in [7, 11) is 3.87. The predicted molar refractivity (Wildman–Crippen MR) is 69.2 cm³/mol. The molecule has 16 heavy (non-hydrogen) atoms. The van der Waals surface area contributed by atoms with Crippen LogP contribution in [0.1, 0.15) is 12.5 Å². The second kappa shape index (κ2) is 6.09. The fourth-order valence-electron chi connectivity index (χ4n) is 1.73. The topological polar surface area (TPSA) is 35.5 Å². The van der Waals surface area contributed by atoms with Crippen molar-refractivity contribution in [1.82, 2.24) is 5.32 Å². The summed E-state index contributed by atoms with van der Waals surface area (Å²) in [6.07, 6.45) is -0.355. The Morgan fingerprint density at radius 1 is 1.50 bits per heavy atom. The molecular formula is C12H19ClN2O. The number of anilines is 1. The number of nitrogens with one attached hydrogen (secondary N) is 1. The number of nitrogens with zero attached hydrogens (tertiary/aromatic N) is 1. The minimum Gasteiger partial charge on any atom is -0.392 e. The molecule has 0 saturated carbocycles. The summed E-state index contributed by atoms with van der Waals surface area (Å²) in [4.78, 5) is 2.02. The highest BCUT2D eigenvalue weighted by Crippen LogP contribution is 2.24. The molecule has 0 spiro atoms. The molecule has 1 atom stereocenters. The largest absolute Gasteiger partial charge is 0.392 e. The van der Waals surface area contributed by atoms with E-state index in [1.165, 1.54) is 5.56 Å². The van der Waals surface area contributed by atoms with Crippen molar-refractivity contribution in [3.05, 3.63) is 28.8 Å². The van der Waals surface area contributed by atoms with Gasteiger partial charge in [-0.05, 0) is 31.7 Å². The van der Waals surface area contributed by atoms with Gasteiger partial charge >= 0.3 is 0 Å². The molecule has 0 aliphatic heterocycles. The molecule has 90 valence electrons. The number of benzene rings is 1. The van der Waals surface area contributed by atoms with E-state index in [1.807, 2.05) is 37.2 Å². The molecule has 3 nitrogen and oxygen atoms in total. The van der Waals surface area contributed by atoms with Crippen LogP contribution in [0.4, 0.5) is 5.69 Å². The van der Waals surface area contributed by atoms with Gasteiger partial charge in [-0.25, -0.2) is 0 Å². The molecule has 0 amide bonds. The van der Waals surface area contributed by atoms with Crippen molar-refractivity contribution in [2.75, 3.05) is 25.5 Å². The Morgan fingerprint density at radius 2 is 2.19 bits per heavy atom. The Hall–Kier alpha value is -0.770. The van der Waals surface area contributed by atoms with Gasteiger partial charge in [0.2, 0.25) is 0 Å². The molecule has 0 aliphatic carbocycles. The normalized spacial score (nSPS) is 12.6. The van der Waals surface area contributed by atoms with Crippen molar-refractivity contribution < 1.29 is 5.11 Å². The minimum absolute atomic E-state index is 0.355. The number of rotatable bonds is 5. The van der Waals surface area contributed by atoms with Crippen LogP contribution >= 0.6 is 11.6 Å². The molecular weight excluding hydrogens is 224 g/mol. The first-order valence-corrected chi connectivity index (χ1v) is 5.74. The smallest absolute Gasteiger partial charge is 0.0686 e. The molecule has 0 fully saturated rings. The maximum atomic E-state index is 9.38. The quantitative estimate of drug-likeness (QED) is 0.828. The van der Waals surface area contributed by atoms with Crippen molar-refractivity contribution in [3.8, 4) is 0 Å². The zero-order valence-corrected chi connectivity index (χ0v) is 10.8. The van der Waals surface area contributed by atoms with Gasteiger partial charge in [0.15, 0.2) is 0 Å². The summed E-state index contributed by atoms with van der Waals surface area (Å²) in [6.45, 7) is 3.16. The molecule has 4 heteroatoms. The van der Waals surface area contributed by atoms with Gasteiger partial charge in [-0.15, -0.1) is 0 Å². The maximum Gasteiger partial charge on any atom is 0.0686 e. The summed E-state index contributed by atoms with van der Waals surface area (Å²) in [6, 6.07) is 5.82. The first-order chi connectivity index (χ1) is 7.54. The summed E-state index contributed by atoms with van der Waals surface area (Å²) in [5, 5.41) is 13.2. The van der Waals surface area contributed by atoms with Gasteiger partial charge in [-0.1, -0.05) is 17.7 Å². The van der Waals surface area contributed by atoms with E-state index in [4.69, 9.17) is 11.6 Å². The van der Waals surface area contributed by atoms with Crippen LogP contribution in [-0.4, -0.2) is 31.9 Å². The van der Waals surface area contributed by atoms with Crippen molar-refractivity contribution in [2.45, 2.75) is 19.6 Å². The fraction of sp³-hybridized carbons (Fsp3) is 0.500. The predicted octanol–water partition coefficient (Wildman–Crippen LogP) is 1.88. The average Bonchev–Trinajstić information content (AvgIpc) is 2.20. The van der Waals surface area contributed by atoms with E-state index in [0.717, 1.165) is 12.2 Å². The van der Waals surface area contributed by atoms with Gasteiger partial charge < -0.3 is 15.3 Å². The monoisotopic (exact) mass is 242 g/mol. The lowest BCUT2D eigenvalue weighted by molar-refractivity contribution is 0.201. The fourth-order valence-corrected chi connectivity index (χ4v) is 1.89. The number of hydrogen-bond acceptors (Lipinski definition) is 3. The Labute approximate surface area is 102 Å². The Kier molecular flexibility index (Phi) is 5.06. The standard InChI is InChI=1S/C12H19ClN2O/c1-9(16)8-15(3)12-6-11(13)5-4-10(12)7-14-2/h4-6,9,14,16H,7-8H2,1-3H3. The summed E-state index contributed by atoms with van der Waals surface area (Å²) in [5.74, 6) is 0. The van der Waals surface area contributed by atoms with Gasteiger partial charge in [0.1, 0.15) is 0 Å². The number of hydrogen-bond donors (Lipinski definition) is 2. The third kappa shape index (κ3) is 3.67. The third-order valence-corrected chi connectivity index (χ3v) is 2.60. The van der Waals surface area contributed by atoms with Crippen molar-refractivity contribution in [2.24, 2.45) is 0 Å². The molecule has 1 aromatic rings. The highest BCUT2D eigenvalue weighted by atomic mass is 35.5. The molecule has 2 N–H and O–H groups in total. The molecule has 0 aliphatic rings. The average molecular weight is 243 g/mol. The molecule has 0 aromatic heterocycles. The Morgan fingerprint density at radius 3 is 2.75 bits per heavy atom. The van der Waals surface area contributed by atoms with Crippen molar-refractivity contribution >= 4 is 17.3 Å². The SMILES string of the molecule is CNCc1ccc(Cl)cc1N(C)CC(C)O. The van der Waals surface area contributed by atoms with Crippen LogP contribution in [0.3, 0.4) is 0 Å². The highest BCUT2D eigenvalue weighted by Gasteiger charge is 2.09. The van der Waals surface area contributed by atoms with Gasteiger partial charge in [-0.2, -0.15) is 0 Å². The lowest BCUT2D eigenvalue weighted by Gasteiger charge is -2.24. The van der Waals surface area contributed by atoms with E-state index in [0.29, 0.717) is 11.6 Å². The van der Waals surface area contributed by atoms with Crippen LogP contribution < -0.4 is 10.2 Å². The van der Waals surface area contributed by atoms with Crippen LogP contribution in [0, 0.1) is 0 Å². The van der Waals surface area contributed by atoms with E-state index in [9.17, 15) is 5.11 Å². The molecule has 0 bridgehead atoms. The second-order valence-electron chi connectivity index (χ2n) is 4.03. The van der Waals surface area contributed by atoms with Crippen LogP contribution in [0.2, 0.25) is 5.02 Å². The maximum absolute atomic E-state index is 9.38. The van der Waals surface area contributed by atoms with Gasteiger partial charge in [-0.3, -0.25) is 0 Å². The van der Waals surface area contributed by atoms with Gasteiger partial charge in [0.05, 0.1) is 6.10 Å². The summed E-state index contributed by atoms with van der Waals surface area (Å²) in [5.41, 5.74) is 2.23. The zero-order valence-electron chi connectivity index (χ0n) is 10.00. The van der Waals surface area contributed by atoms with Crippen molar-refractivity contribution in [1.29, 1.82) is 0 Å². The number of halogens is 1. The van der Waals surface area contributed by atoms with E-state index in [2.05, 4.69) is 5.32 Å². The van der Waals surface area contributed by atoms with E-state index in [-0.39, 0.29) is 6.10 Å². The van der Waals surface area contributed by atoms with Crippen LogP contribution in [0.5, 0.6) is 0 Å². The van der Waals surface area contributed by atoms with Gasteiger partial charge in [0, 0.05) is 30.8 Å². The minimum atomic E-state index is -0.355. The van der Waals surface area contributed by atoms with E-state index < -0.39 is 0 Å². The van der Waals surface area contributed by atoms with E-state index in [1.54, 1.807) is 6.92 Å². The molecule has 0 heterocycles. The Bertz CT molecular complexity index is 342. The number of likely N-dealkylation sites (N-methyl/N-ethyl adjacent to an activating group) is 1. The van der Waals surface area contributed by atoms with Crippen molar-refractivity contribution in [3.63, 3.8) is 0 Å². The molecule has 0 saturated heterocycles. The second-order valence-corrected chi connectivity index (χ2v) is 4.47. The van der Waals surface area contributed by atoms with Crippen LogP contribution in [-0.2, 0) is 6.54 Å². The zero-order chi connectivity index (χ0) is 12.1. The van der Waals surface area contributed by atoms with Crippen LogP contribution in [0.25, 0.3) is 0 Å². The van der Waals surface area contributed by atoms with E-state index >= 15 is 0 Å².